The maximum Gasteiger partial charge on any atom is 0.476 e. The molecule has 4 aromatic rings. The van der Waals surface area contributed by atoms with Crippen molar-refractivity contribution in [1.82, 2.24) is 19.5 Å². The van der Waals surface area contributed by atoms with Gasteiger partial charge in [0.1, 0.15) is 24.1 Å². The summed E-state index contributed by atoms with van der Waals surface area (Å²) >= 11 is 4.61. The molecule has 0 aliphatic carbocycles. The first kappa shape index (κ1) is 31.0. The summed E-state index contributed by atoms with van der Waals surface area (Å²) in [4.78, 5) is 66.0. The molecule has 0 radical (unpaired) electrons. The van der Waals surface area contributed by atoms with E-state index in [-0.39, 0.29) is 28.3 Å². The smallest absolute Gasteiger partial charge is 0.451 e. The highest BCUT2D eigenvalue weighted by Crippen LogP contribution is 2.58. The van der Waals surface area contributed by atoms with Crippen molar-refractivity contribution < 1.29 is 52.2 Å². The maximum absolute atomic E-state index is 13.2. The van der Waals surface area contributed by atoms with Crippen LogP contribution in [0.5, 0.6) is 0 Å². The Balaban J connectivity index is 1.38. The predicted molar refractivity (Wildman–Crippen MR) is 151 cm³/mol. The molecule has 3 heterocycles. The number of rotatable bonds is 10. The monoisotopic (exact) mass is 651 g/mol. The van der Waals surface area contributed by atoms with Crippen LogP contribution >= 0.6 is 14.5 Å². The van der Waals surface area contributed by atoms with Crippen LogP contribution in [0.25, 0.3) is 11.2 Å². The Morgan fingerprint density at radius 3 is 2.33 bits per heavy atom. The van der Waals surface area contributed by atoms with Crippen LogP contribution in [0.3, 0.4) is 0 Å². The summed E-state index contributed by atoms with van der Waals surface area (Å²) in [6.45, 7) is -5.17. The summed E-state index contributed by atoms with van der Waals surface area (Å²) in [5.41, 5.74) is 7.10. The molecule has 1 aliphatic heterocycles. The lowest BCUT2D eigenvalue weighted by Crippen LogP contribution is -2.37. The largest absolute Gasteiger partial charge is 0.476 e. The van der Waals surface area contributed by atoms with Gasteiger partial charge in [0.05, 0.1) is 18.5 Å². The van der Waals surface area contributed by atoms with Crippen molar-refractivity contribution in [3.8, 4) is 0 Å². The second-order valence-electron chi connectivity index (χ2n) is 9.12. The van der Waals surface area contributed by atoms with Crippen LogP contribution in [0.15, 0.2) is 67.3 Å². The van der Waals surface area contributed by atoms with E-state index in [1.165, 1.54) is 41.5 Å². The van der Waals surface area contributed by atoms with Gasteiger partial charge in [-0.1, -0.05) is 42.5 Å². The van der Waals surface area contributed by atoms with Crippen molar-refractivity contribution in [3.05, 3.63) is 83.9 Å². The van der Waals surface area contributed by atoms with Crippen LogP contribution in [-0.4, -0.2) is 76.0 Å². The molecule has 0 spiro atoms. The van der Waals surface area contributed by atoms with E-state index in [1.54, 1.807) is 30.3 Å². The van der Waals surface area contributed by atoms with E-state index < -0.39 is 51.7 Å². The molecule has 0 saturated carbocycles. The van der Waals surface area contributed by atoms with Gasteiger partial charge in [-0.15, -0.1) is 0 Å². The summed E-state index contributed by atoms with van der Waals surface area (Å²) in [6.07, 6.45) is -3.23. The van der Waals surface area contributed by atoms with E-state index >= 15 is 0 Å². The van der Waals surface area contributed by atoms with Crippen molar-refractivity contribution in [2.45, 2.75) is 24.5 Å². The fourth-order valence-corrected chi connectivity index (χ4v) is 6.86. The molecule has 1 aliphatic rings. The second kappa shape index (κ2) is 12.3. The number of nitrogen functional groups attached to an aromatic ring is 1. The second-order valence-corrected chi connectivity index (χ2v) is 13.3. The van der Waals surface area contributed by atoms with Crippen molar-refractivity contribution in [2.75, 3.05) is 12.3 Å². The summed E-state index contributed by atoms with van der Waals surface area (Å²) in [5.74, 6) is -1.08. The zero-order valence-electron chi connectivity index (χ0n) is 21.7. The topological polar surface area (TPSA) is 239 Å². The van der Waals surface area contributed by atoms with Crippen LogP contribution in [0.2, 0.25) is 0 Å². The third-order valence-corrected chi connectivity index (χ3v) is 9.32. The molecule has 2 aromatic heterocycles. The fourth-order valence-electron chi connectivity index (χ4n) is 4.29. The first-order valence-electron chi connectivity index (χ1n) is 12.2. The summed E-state index contributed by atoms with van der Waals surface area (Å²) < 4.78 is 33.1. The van der Waals surface area contributed by atoms with Crippen molar-refractivity contribution in [1.29, 1.82) is 0 Å². The number of aliphatic hydroxyl groups excluding tert-OH is 1. The SMILES string of the molecule is Nc1ncnc2c1ncn2[C@@H]1O[C@H](COP(O)(=S)OP(=O)(O)O)[C@@H](O)[C@H]1OC(=O)c1ccc(C(=O)c2ccccc2)cc1. The van der Waals surface area contributed by atoms with Crippen LogP contribution in [0, 0.1) is 0 Å². The molecule has 226 valence electrons. The molecule has 2 aromatic carbocycles. The molecule has 5 rings (SSSR count). The molecule has 43 heavy (non-hydrogen) atoms. The molecule has 1 saturated heterocycles. The van der Waals surface area contributed by atoms with E-state index in [4.69, 9.17) is 29.5 Å². The van der Waals surface area contributed by atoms with Gasteiger partial charge in [-0.05, 0) is 23.9 Å². The normalized spacial score (nSPS) is 21.9. The summed E-state index contributed by atoms with van der Waals surface area (Å²) in [7, 11) is -5.20. The van der Waals surface area contributed by atoms with Gasteiger partial charge in [0.25, 0.3) is 0 Å². The minimum Gasteiger partial charge on any atom is -0.451 e. The highest BCUT2D eigenvalue weighted by molar-refractivity contribution is 8.08. The van der Waals surface area contributed by atoms with Gasteiger partial charge in [0.15, 0.2) is 29.6 Å². The Kier molecular flexibility index (Phi) is 8.83. The van der Waals surface area contributed by atoms with Gasteiger partial charge in [-0.25, -0.2) is 28.6 Å². The lowest BCUT2D eigenvalue weighted by Gasteiger charge is -2.22. The molecular weight excluding hydrogens is 628 g/mol. The van der Waals surface area contributed by atoms with Gasteiger partial charge in [0.2, 0.25) is 0 Å². The number of esters is 1. The average Bonchev–Trinajstić information content (AvgIpc) is 3.52. The third kappa shape index (κ3) is 7.03. The van der Waals surface area contributed by atoms with Gasteiger partial charge >= 0.3 is 20.5 Å². The number of aromatic nitrogens is 4. The fraction of sp³-hybridized carbons (Fsp3) is 0.208. The number of hydrogen-bond donors (Lipinski definition) is 5. The van der Waals surface area contributed by atoms with Crippen molar-refractivity contribution >= 4 is 55.1 Å². The maximum atomic E-state index is 13.2. The Morgan fingerprint density at radius 1 is 1.00 bits per heavy atom. The number of carbonyl (C=O) groups excluding carboxylic acids is 2. The molecule has 6 N–H and O–H groups in total. The standard InChI is InChI=1S/C24H23N5O11P2S/c25-21-17-22(27-11-26-21)29(12-28-17)23-20(19(31)16(38-23)10-37-42(36,43)40-41(33,34)35)39-24(32)15-8-6-14(7-9-15)18(30)13-4-2-1-3-5-13/h1-9,11-12,16,19-20,23,31H,10H2,(H,36,43)(H2,25,26,27)(H2,33,34,35)/t16-,19-,20-,23-,42?/m1/s1. The van der Waals surface area contributed by atoms with Gasteiger partial charge in [-0.2, -0.15) is 0 Å². The number of hydrogen-bond acceptors (Lipinski definition) is 13. The van der Waals surface area contributed by atoms with Gasteiger partial charge in [-0.3, -0.25) is 9.36 Å². The first-order valence-corrected chi connectivity index (χ1v) is 16.4. The zero-order valence-corrected chi connectivity index (χ0v) is 24.3. The molecule has 16 nitrogen and oxygen atoms in total. The van der Waals surface area contributed by atoms with Crippen molar-refractivity contribution in [2.24, 2.45) is 0 Å². The molecular formula is C24H23N5O11P2S. The van der Waals surface area contributed by atoms with E-state index in [0.29, 0.717) is 11.1 Å². The zero-order chi connectivity index (χ0) is 30.9. The average molecular weight is 651 g/mol. The number of imidazole rings is 1. The highest BCUT2D eigenvalue weighted by atomic mass is 32.5. The Labute approximate surface area is 247 Å². The number of phosphoric acid groups is 1. The number of benzene rings is 2. The molecule has 1 fully saturated rings. The van der Waals surface area contributed by atoms with E-state index in [2.05, 4.69) is 31.1 Å². The molecule has 19 heteroatoms. The Morgan fingerprint density at radius 2 is 1.65 bits per heavy atom. The van der Waals surface area contributed by atoms with E-state index in [0.717, 1.165) is 0 Å². The van der Waals surface area contributed by atoms with Crippen molar-refractivity contribution in [3.63, 3.8) is 0 Å². The number of anilines is 1. The molecule has 1 unspecified atom stereocenters. The van der Waals surface area contributed by atoms with Crippen LogP contribution in [0.4, 0.5) is 5.82 Å². The van der Waals surface area contributed by atoms with Crippen LogP contribution in [-0.2, 0) is 34.7 Å². The lowest BCUT2D eigenvalue weighted by molar-refractivity contribution is -0.0547. The van der Waals surface area contributed by atoms with Crippen LogP contribution in [0.1, 0.15) is 32.5 Å². The third-order valence-electron chi connectivity index (χ3n) is 6.25. The number of aliphatic hydroxyl groups is 1. The number of nitrogens with zero attached hydrogens (tertiary/aromatic N) is 4. The number of carbonyl (C=O) groups is 2. The minimum atomic E-state index is -5.20. The predicted octanol–water partition coefficient (Wildman–Crippen LogP) is 1.47. The number of ketones is 1. The number of fused-ring (bicyclic) bond motifs is 1. The molecule has 0 amide bonds. The highest BCUT2D eigenvalue weighted by Gasteiger charge is 2.49. The summed E-state index contributed by atoms with van der Waals surface area (Å²) in [6, 6.07) is 14.3. The molecule has 5 atom stereocenters. The number of nitrogens with two attached hydrogens (primary N) is 1. The van der Waals surface area contributed by atoms with Crippen LogP contribution < -0.4 is 5.73 Å². The Hall–Kier alpha value is -3.47. The quantitative estimate of drug-likeness (QED) is 0.0926. The minimum absolute atomic E-state index is 0.0522. The summed E-state index contributed by atoms with van der Waals surface area (Å²) in [5, 5.41) is 11.1. The first-order chi connectivity index (χ1) is 20.3. The number of ether oxygens (including phenoxy) is 2. The Bertz CT molecular complexity index is 1750. The molecule has 0 bridgehead atoms. The van der Waals surface area contributed by atoms with E-state index in [9.17, 15) is 24.2 Å². The van der Waals surface area contributed by atoms with E-state index in [1.807, 2.05) is 0 Å². The lowest BCUT2D eigenvalue weighted by atomic mass is 10.0. The van der Waals surface area contributed by atoms with Gasteiger partial charge < -0.3 is 39.5 Å². The van der Waals surface area contributed by atoms with Gasteiger partial charge in [0, 0.05) is 11.1 Å².